The molecule has 2 atom stereocenters. The number of nitrogens with one attached hydrogen (secondary N) is 1. The highest BCUT2D eigenvalue weighted by atomic mass is 127. The number of carbonyl (C=O) groups is 1. The molecular weight excluding hydrogens is 617 g/mol. The normalized spacial score (nSPS) is 21.0. The Labute approximate surface area is 241 Å². The zero-order valence-corrected chi connectivity index (χ0v) is 24.9. The number of benzene rings is 2. The number of nitrogens with zero attached hydrogens (tertiary/aromatic N) is 3. The van der Waals surface area contributed by atoms with Crippen LogP contribution in [-0.2, 0) is 4.79 Å². The van der Waals surface area contributed by atoms with Gasteiger partial charge < -0.3 is 24.3 Å². The Hall–Kier alpha value is -2.63. The van der Waals surface area contributed by atoms with Gasteiger partial charge in [-0.1, -0.05) is 20.8 Å². The molecule has 1 N–H and O–H groups in total. The van der Waals surface area contributed by atoms with Gasteiger partial charge >= 0.3 is 4.12 Å². The lowest BCUT2D eigenvalue weighted by molar-refractivity contribution is -0.132. The highest BCUT2D eigenvalue weighted by Crippen LogP contribution is 2.46. The molecule has 10 heteroatoms. The molecule has 0 aliphatic heterocycles. The van der Waals surface area contributed by atoms with Gasteiger partial charge in [-0.2, -0.15) is 8.78 Å². The van der Waals surface area contributed by atoms with Gasteiger partial charge in [-0.3, -0.25) is 4.79 Å². The Bertz CT molecular complexity index is 1330. The predicted octanol–water partition coefficient (Wildman–Crippen LogP) is 7.53. The standard InChI is InChI=1S/C29H35F2IN4O3/c1-18-13-21(16-28(2,3)15-18)36-25-12-11-23(38-17-26(37)35(4)20-7-8-20)14-24(25)34-27(36)33-19-5-9-22(10-6-19)39-29(30,31)32/h5-6,9-12,14,18,20-21H,7-8,13,15-17H2,1-4H3,(H,33,34)/t18-,21?/m0/s1. The first-order valence-electron chi connectivity index (χ1n) is 13.4. The highest BCUT2D eigenvalue weighted by molar-refractivity contribution is 14.1. The minimum absolute atomic E-state index is 0.0106. The molecule has 5 rings (SSSR count). The first-order chi connectivity index (χ1) is 18.4. The van der Waals surface area contributed by atoms with E-state index in [1.807, 2.05) is 25.2 Å². The van der Waals surface area contributed by atoms with Crippen LogP contribution in [0.2, 0.25) is 0 Å². The van der Waals surface area contributed by atoms with Crippen molar-refractivity contribution in [2.45, 2.75) is 69.1 Å². The molecule has 7 nitrogen and oxygen atoms in total. The molecule has 2 aliphatic carbocycles. The summed E-state index contributed by atoms with van der Waals surface area (Å²) < 4.78 is 36.0. The lowest BCUT2D eigenvalue weighted by atomic mass is 9.70. The van der Waals surface area contributed by atoms with Crippen molar-refractivity contribution in [1.82, 2.24) is 14.5 Å². The van der Waals surface area contributed by atoms with Gasteiger partial charge in [0.1, 0.15) is 11.5 Å². The molecule has 1 unspecified atom stereocenters. The fraction of sp³-hybridized carbons (Fsp3) is 0.517. The topological polar surface area (TPSA) is 68.6 Å². The summed E-state index contributed by atoms with van der Waals surface area (Å²) in [5, 5.41) is 3.40. The number of hydrogen-bond donors (Lipinski definition) is 1. The Balaban J connectivity index is 1.43. The van der Waals surface area contributed by atoms with Crippen molar-refractivity contribution in [3.63, 3.8) is 0 Å². The summed E-state index contributed by atoms with van der Waals surface area (Å²) in [6, 6.07) is 12.8. The maximum atomic E-state index is 13.2. The molecule has 1 aromatic heterocycles. The molecule has 3 aromatic rings. The molecule has 2 saturated carbocycles. The second-order valence-corrected chi connectivity index (χ2v) is 13.0. The Morgan fingerprint density at radius 3 is 2.51 bits per heavy atom. The molecule has 0 spiro atoms. The van der Waals surface area contributed by atoms with E-state index in [1.54, 1.807) is 17.0 Å². The number of ether oxygens (including phenoxy) is 2. The van der Waals surface area contributed by atoms with E-state index in [4.69, 9.17) is 9.72 Å². The summed E-state index contributed by atoms with van der Waals surface area (Å²) in [4.78, 5) is 19.1. The third-order valence-electron chi connectivity index (χ3n) is 7.58. The Kier molecular flexibility index (Phi) is 7.69. The fourth-order valence-corrected chi connectivity index (χ4v) is 6.15. The second kappa shape index (κ2) is 10.7. The number of carbonyl (C=O) groups excluding carboxylic acids is 1. The minimum Gasteiger partial charge on any atom is -0.484 e. The van der Waals surface area contributed by atoms with Gasteiger partial charge in [0.2, 0.25) is 5.95 Å². The zero-order chi connectivity index (χ0) is 27.9. The first kappa shape index (κ1) is 27.9. The van der Waals surface area contributed by atoms with Crippen LogP contribution in [0.4, 0.5) is 20.4 Å². The lowest BCUT2D eigenvalue weighted by Crippen LogP contribution is -2.33. The summed E-state index contributed by atoms with van der Waals surface area (Å²) in [5.74, 6) is 1.88. The quantitative estimate of drug-likeness (QED) is 0.191. The second-order valence-electron chi connectivity index (χ2n) is 11.7. The molecule has 0 radical (unpaired) electrons. The van der Waals surface area contributed by atoms with Gasteiger partial charge in [-0.05, 0) is 79.8 Å². The molecule has 0 bridgehead atoms. The average Bonchev–Trinajstić information content (AvgIpc) is 3.62. The molecule has 2 aromatic carbocycles. The maximum absolute atomic E-state index is 13.2. The van der Waals surface area contributed by atoms with E-state index >= 15 is 0 Å². The summed E-state index contributed by atoms with van der Waals surface area (Å²) in [5.41, 5.74) is 2.64. The van der Waals surface area contributed by atoms with Crippen LogP contribution in [0, 0.1) is 11.3 Å². The number of anilines is 2. The molecule has 210 valence electrons. The van der Waals surface area contributed by atoms with Crippen LogP contribution in [0.5, 0.6) is 11.5 Å². The minimum atomic E-state index is -3.27. The van der Waals surface area contributed by atoms with Crippen LogP contribution < -0.4 is 14.8 Å². The van der Waals surface area contributed by atoms with E-state index in [1.165, 1.54) is 18.6 Å². The molecule has 0 saturated heterocycles. The number of aromatic nitrogens is 2. The number of fused-ring (bicyclic) bond motifs is 1. The predicted molar refractivity (Wildman–Crippen MR) is 156 cm³/mol. The molecular formula is C29H35F2IN4O3. The summed E-state index contributed by atoms with van der Waals surface area (Å²) in [6.45, 7) is 6.91. The van der Waals surface area contributed by atoms with Gasteiger partial charge in [0, 0.05) is 30.9 Å². The van der Waals surface area contributed by atoms with Crippen molar-refractivity contribution in [1.29, 1.82) is 0 Å². The third kappa shape index (κ3) is 6.93. The van der Waals surface area contributed by atoms with E-state index in [2.05, 4.69) is 35.4 Å². The van der Waals surface area contributed by atoms with Gasteiger partial charge in [0.15, 0.2) is 6.61 Å². The third-order valence-corrected chi connectivity index (χ3v) is 7.80. The van der Waals surface area contributed by atoms with Crippen molar-refractivity contribution in [3.05, 3.63) is 42.5 Å². The maximum Gasteiger partial charge on any atom is 0.451 e. The SMILES string of the molecule is C[C@H]1CC(n2c(Nc3ccc(OC(F)(F)I)cc3)nc3cc(OCC(=O)N(C)C4CC4)ccc32)CC(C)(C)C1. The average molecular weight is 653 g/mol. The van der Waals surface area contributed by atoms with Gasteiger partial charge in [-0.15, -0.1) is 0 Å². The fourth-order valence-electron chi connectivity index (χ4n) is 5.90. The van der Waals surface area contributed by atoms with Crippen LogP contribution in [-0.4, -0.2) is 44.2 Å². The molecule has 2 aliphatic rings. The van der Waals surface area contributed by atoms with Crippen LogP contribution in [0.1, 0.15) is 58.9 Å². The number of alkyl halides is 3. The van der Waals surface area contributed by atoms with Crippen molar-refractivity contribution >= 4 is 51.2 Å². The number of imidazole rings is 1. The van der Waals surface area contributed by atoms with Gasteiger partial charge in [0.05, 0.1) is 33.6 Å². The Morgan fingerprint density at radius 2 is 1.87 bits per heavy atom. The van der Waals surface area contributed by atoms with E-state index in [9.17, 15) is 13.6 Å². The van der Waals surface area contributed by atoms with E-state index in [0.717, 1.165) is 59.3 Å². The summed E-state index contributed by atoms with van der Waals surface area (Å²) in [7, 11) is 1.82. The van der Waals surface area contributed by atoms with Crippen molar-refractivity contribution in [3.8, 4) is 11.5 Å². The largest absolute Gasteiger partial charge is 0.484 e. The molecule has 1 amide bonds. The number of hydrogen-bond acceptors (Lipinski definition) is 5. The van der Waals surface area contributed by atoms with Gasteiger partial charge in [0.25, 0.3) is 5.91 Å². The summed E-state index contributed by atoms with van der Waals surface area (Å²) >= 11 is 0.953. The number of rotatable bonds is 9. The van der Waals surface area contributed by atoms with Crippen LogP contribution in [0.25, 0.3) is 11.0 Å². The smallest absolute Gasteiger partial charge is 0.451 e. The van der Waals surface area contributed by atoms with Gasteiger partial charge in [-0.25, -0.2) is 4.98 Å². The van der Waals surface area contributed by atoms with Crippen LogP contribution >= 0.6 is 22.6 Å². The summed E-state index contributed by atoms with van der Waals surface area (Å²) in [6.07, 6.45) is 5.32. The van der Waals surface area contributed by atoms with E-state index in [0.29, 0.717) is 29.3 Å². The molecule has 2 fully saturated rings. The monoisotopic (exact) mass is 652 g/mol. The highest BCUT2D eigenvalue weighted by Gasteiger charge is 2.35. The van der Waals surface area contributed by atoms with E-state index < -0.39 is 4.12 Å². The molecule has 39 heavy (non-hydrogen) atoms. The number of amides is 1. The van der Waals surface area contributed by atoms with Crippen LogP contribution in [0.3, 0.4) is 0 Å². The lowest BCUT2D eigenvalue weighted by Gasteiger charge is -2.40. The van der Waals surface area contributed by atoms with Crippen molar-refractivity contribution in [2.75, 3.05) is 19.0 Å². The molecule has 1 heterocycles. The van der Waals surface area contributed by atoms with Crippen molar-refractivity contribution < 1.29 is 23.0 Å². The first-order valence-corrected chi connectivity index (χ1v) is 14.5. The zero-order valence-electron chi connectivity index (χ0n) is 22.7. The van der Waals surface area contributed by atoms with Crippen molar-refractivity contribution in [2.24, 2.45) is 11.3 Å². The van der Waals surface area contributed by atoms with E-state index in [-0.39, 0.29) is 29.7 Å². The number of likely N-dealkylation sites (N-methyl/N-ethyl adjacent to an activating group) is 1. The Morgan fingerprint density at radius 1 is 1.18 bits per heavy atom. The number of halogens is 3. The van der Waals surface area contributed by atoms with Crippen LogP contribution in [0.15, 0.2) is 42.5 Å².